The van der Waals surface area contributed by atoms with E-state index >= 15 is 0 Å². The Bertz CT molecular complexity index is 1030. The molecule has 1 saturated carbocycles. The molecule has 7 nitrogen and oxygen atoms in total. The van der Waals surface area contributed by atoms with Crippen molar-refractivity contribution in [3.63, 3.8) is 0 Å². The Morgan fingerprint density at radius 3 is 2.82 bits per heavy atom. The molecule has 0 spiro atoms. The van der Waals surface area contributed by atoms with Crippen molar-refractivity contribution >= 4 is 28.5 Å². The molecular formula is C21H22N6O. The normalized spacial score (nSPS) is 21.8. The van der Waals surface area contributed by atoms with Crippen LogP contribution in [0.15, 0.2) is 36.8 Å². The number of terminal acetylenes is 1. The summed E-state index contributed by atoms with van der Waals surface area (Å²) in [6.45, 7) is 1.89. The van der Waals surface area contributed by atoms with Gasteiger partial charge in [0.15, 0.2) is 5.82 Å². The molecule has 0 aliphatic heterocycles. The molecule has 1 aliphatic rings. The van der Waals surface area contributed by atoms with E-state index in [1.54, 1.807) is 6.20 Å². The predicted molar refractivity (Wildman–Crippen MR) is 109 cm³/mol. The number of anilines is 3. The van der Waals surface area contributed by atoms with E-state index in [-0.39, 0.29) is 6.04 Å². The number of aliphatic hydroxyl groups is 1. The maximum atomic E-state index is 10.1. The zero-order chi connectivity index (χ0) is 19.6. The Balaban J connectivity index is 1.58. The summed E-state index contributed by atoms with van der Waals surface area (Å²) < 4.78 is 0. The van der Waals surface area contributed by atoms with E-state index in [1.165, 1.54) is 6.33 Å². The minimum atomic E-state index is -0.569. The van der Waals surface area contributed by atoms with Crippen LogP contribution in [0.3, 0.4) is 0 Å². The molecule has 1 aliphatic carbocycles. The number of fused-ring (bicyclic) bond motifs is 1. The summed E-state index contributed by atoms with van der Waals surface area (Å²) in [5.74, 6) is 3.75. The Kier molecular flexibility index (Phi) is 4.80. The summed E-state index contributed by atoms with van der Waals surface area (Å²) in [5.41, 5.74) is 2.34. The lowest BCUT2D eigenvalue weighted by Gasteiger charge is -2.33. The van der Waals surface area contributed by atoms with E-state index in [1.807, 2.05) is 31.2 Å². The zero-order valence-corrected chi connectivity index (χ0v) is 15.7. The predicted octanol–water partition coefficient (Wildman–Crippen LogP) is 3.25. The SMILES string of the molecule is C#Cc1cccc(Nc2ncnc3cnc(N[C@H]4CC[C@@](C)(O)CC4)nc23)c1. The van der Waals surface area contributed by atoms with Gasteiger partial charge in [0.2, 0.25) is 5.95 Å². The third-order valence-corrected chi connectivity index (χ3v) is 5.07. The van der Waals surface area contributed by atoms with Crippen LogP contribution in [0.5, 0.6) is 0 Å². The minimum absolute atomic E-state index is 0.242. The lowest BCUT2D eigenvalue weighted by atomic mass is 9.84. The first kappa shape index (κ1) is 18.1. The van der Waals surface area contributed by atoms with Crippen molar-refractivity contribution in [1.82, 2.24) is 19.9 Å². The van der Waals surface area contributed by atoms with Gasteiger partial charge >= 0.3 is 0 Å². The Hall–Kier alpha value is -3.24. The van der Waals surface area contributed by atoms with Gasteiger partial charge in [0.1, 0.15) is 17.4 Å². The standard InChI is InChI=1S/C21H22N6O/c1-3-14-5-4-6-16(11-14)25-19-18-17(23-13-24-19)12-22-20(27-18)26-15-7-9-21(2,28)10-8-15/h1,4-6,11-13,15,28H,7-10H2,2H3,(H,22,26,27)(H,23,24,25)/t15-,21+. The van der Waals surface area contributed by atoms with E-state index < -0.39 is 5.60 Å². The van der Waals surface area contributed by atoms with Crippen LogP contribution in [-0.2, 0) is 0 Å². The van der Waals surface area contributed by atoms with Crippen LogP contribution in [0.25, 0.3) is 11.0 Å². The van der Waals surface area contributed by atoms with Gasteiger partial charge < -0.3 is 15.7 Å². The second kappa shape index (κ2) is 7.41. The summed E-state index contributed by atoms with van der Waals surface area (Å²) in [7, 11) is 0. The summed E-state index contributed by atoms with van der Waals surface area (Å²) in [6, 6.07) is 7.80. The van der Waals surface area contributed by atoms with E-state index in [4.69, 9.17) is 6.42 Å². The third kappa shape index (κ3) is 4.02. The lowest BCUT2D eigenvalue weighted by Crippen LogP contribution is -2.36. The van der Waals surface area contributed by atoms with Crippen molar-refractivity contribution in [2.75, 3.05) is 10.6 Å². The highest BCUT2D eigenvalue weighted by Crippen LogP contribution is 2.29. The van der Waals surface area contributed by atoms with Crippen LogP contribution in [0, 0.1) is 12.3 Å². The van der Waals surface area contributed by atoms with Gasteiger partial charge in [-0.25, -0.2) is 19.9 Å². The van der Waals surface area contributed by atoms with Gasteiger partial charge in [-0.1, -0.05) is 12.0 Å². The number of rotatable bonds is 4. The second-order valence-corrected chi connectivity index (χ2v) is 7.42. The number of hydrogen-bond donors (Lipinski definition) is 3. The van der Waals surface area contributed by atoms with E-state index in [9.17, 15) is 5.11 Å². The molecule has 3 N–H and O–H groups in total. The number of nitrogens with zero attached hydrogens (tertiary/aromatic N) is 4. The molecule has 142 valence electrons. The molecule has 1 aromatic carbocycles. The van der Waals surface area contributed by atoms with Crippen LogP contribution < -0.4 is 10.6 Å². The molecule has 3 aromatic rings. The highest BCUT2D eigenvalue weighted by molar-refractivity contribution is 5.87. The first-order valence-electron chi connectivity index (χ1n) is 9.33. The van der Waals surface area contributed by atoms with Crippen molar-refractivity contribution in [1.29, 1.82) is 0 Å². The molecule has 28 heavy (non-hydrogen) atoms. The van der Waals surface area contributed by atoms with Crippen molar-refractivity contribution in [2.24, 2.45) is 0 Å². The molecule has 0 atom stereocenters. The molecule has 2 heterocycles. The maximum absolute atomic E-state index is 10.1. The molecule has 7 heteroatoms. The monoisotopic (exact) mass is 374 g/mol. The summed E-state index contributed by atoms with van der Waals surface area (Å²) in [5, 5.41) is 16.8. The van der Waals surface area contributed by atoms with Crippen molar-refractivity contribution in [3.05, 3.63) is 42.4 Å². The van der Waals surface area contributed by atoms with Crippen LogP contribution in [0.2, 0.25) is 0 Å². The van der Waals surface area contributed by atoms with Crippen LogP contribution >= 0.6 is 0 Å². The molecule has 0 unspecified atom stereocenters. The van der Waals surface area contributed by atoms with Crippen LogP contribution in [0.1, 0.15) is 38.2 Å². The van der Waals surface area contributed by atoms with E-state index in [0.29, 0.717) is 22.8 Å². The average Bonchev–Trinajstić information content (AvgIpc) is 2.70. The van der Waals surface area contributed by atoms with E-state index in [2.05, 4.69) is 36.5 Å². The van der Waals surface area contributed by atoms with Gasteiger partial charge in [-0.3, -0.25) is 0 Å². The maximum Gasteiger partial charge on any atom is 0.223 e. The zero-order valence-electron chi connectivity index (χ0n) is 15.7. The lowest BCUT2D eigenvalue weighted by molar-refractivity contribution is 0.0196. The van der Waals surface area contributed by atoms with Gasteiger partial charge in [0.25, 0.3) is 0 Å². The summed E-state index contributed by atoms with van der Waals surface area (Å²) in [6.07, 6.45) is 11.9. The molecule has 4 rings (SSSR count). The quantitative estimate of drug-likeness (QED) is 0.603. The Morgan fingerprint density at radius 1 is 1.21 bits per heavy atom. The van der Waals surface area contributed by atoms with Crippen molar-refractivity contribution in [2.45, 2.75) is 44.2 Å². The fourth-order valence-corrected chi connectivity index (χ4v) is 3.41. The molecular weight excluding hydrogens is 352 g/mol. The first-order chi connectivity index (χ1) is 13.5. The number of hydrogen-bond acceptors (Lipinski definition) is 7. The van der Waals surface area contributed by atoms with Gasteiger partial charge in [-0.15, -0.1) is 6.42 Å². The summed E-state index contributed by atoms with van der Waals surface area (Å²) >= 11 is 0. The number of aromatic nitrogens is 4. The largest absolute Gasteiger partial charge is 0.390 e. The summed E-state index contributed by atoms with van der Waals surface area (Å²) in [4.78, 5) is 17.6. The Morgan fingerprint density at radius 2 is 2.04 bits per heavy atom. The highest BCUT2D eigenvalue weighted by Gasteiger charge is 2.28. The molecule has 0 radical (unpaired) electrons. The van der Waals surface area contributed by atoms with Gasteiger partial charge in [0, 0.05) is 17.3 Å². The fraction of sp³-hybridized carbons (Fsp3) is 0.333. The average molecular weight is 374 g/mol. The topological polar surface area (TPSA) is 95.9 Å². The van der Waals surface area contributed by atoms with Crippen molar-refractivity contribution < 1.29 is 5.11 Å². The Labute approximate surface area is 163 Å². The molecule has 0 amide bonds. The van der Waals surface area contributed by atoms with Crippen molar-refractivity contribution in [3.8, 4) is 12.3 Å². The first-order valence-corrected chi connectivity index (χ1v) is 9.33. The molecule has 0 saturated heterocycles. The smallest absolute Gasteiger partial charge is 0.223 e. The third-order valence-electron chi connectivity index (χ3n) is 5.07. The van der Waals surface area contributed by atoms with Gasteiger partial charge in [0.05, 0.1) is 11.8 Å². The number of benzene rings is 1. The van der Waals surface area contributed by atoms with Crippen LogP contribution in [-0.4, -0.2) is 36.7 Å². The minimum Gasteiger partial charge on any atom is -0.390 e. The van der Waals surface area contributed by atoms with Gasteiger partial charge in [-0.2, -0.15) is 0 Å². The highest BCUT2D eigenvalue weighted by atomic mass is 16.3. The molecule has 1 fully saturated rings. The number of nitrogens with one attached hydrogen (secondary N) is 2. The van der Waals surface area contributed by atoms with Gasteiger partial charge in [-0.05, 0) is 50.8 Å². The fourth-order valence-electron chi connectivity index (χ4n) is 3.41. The van der Waals surface area contributed by atoms with Crippen LogP contribution in [0.4, 0.5) is 17.5 Å². The molecule has 0 bridgehead atoms. The second-order valence-electron chi connectivity index (χ2n) is 7.42. The van der Waals surface area contributed by atoms with E-state index in [0.717, 1.165) is 36.9 Å². The molecule has 2 aromatic heterocycles.